The van der Waals surface area contributed by atoms with Crippen molar-refractivity contribution in [1.29, 1.82) is 0 Å². The SMILES string of the molecule is COc1cc(-c2cc(C(=O)OCc3cc(=O)n(C)c(=O)n3C)c3ccccc3n2)cc(OC)c1OC. The number of hydrogen-bond donors (Lipinski definition) is 0. The van der Waals surface area contributed by atoms with Crippen molar-refractivity contribution in [3.63, 3.8) is 0 Å². The van der Waals surface area contributed by atoms with Crippen LogP contribution in [0.2, 0.25) is 0 Å². The summed E-state index contributed by atoms with van der Waals surface area (Å²) < 4.78 is 24.1. The lowest BCUT2D eigenvalue weighted by molar-refractivity contribution is 0.0465. The van der Waals surface area contributed by atoms with Crippen LogP contribution < -0.4 is 25.5 Å². The summed E-state index contributed by atoms with van der Waals surface area (Å²) in [4.78, 5) is 42.2. The number of carbonyl (C=O) groups excluding carboxylic acids is 1. The fraction of sp³-hybridized carbons (Fsp3) is 0.231. The van der Waals surface area contributed by atoms with Gasteiger partial charge in [0.25, 0.3) is 5.56 Å². The van der Waals surface area contributed by atoms with Gasteiger partial charge in [0.05, 0.1) is 43.8 Å². The van der Waals surface area contributed by atoms with Crippen LogP contribution in [0.5, 0.6) is 17.2 Å². The van der Waals surface area contributed by atoms with Crippen molar-refractivity contribution in [3.05, 3.63) is 80.6 Å². The third kappa shape index (κ3) is 4.40. The van der Waals surface area contributed by atoms with Crippen LogP contribution in [0.1, 0.15) is 16.1 Å². The third-order valence-electron chi connectivity index (χ3n) is 5.87. The van der Waals surface area contributed by atoms with Crippen LogP contribution in [-0.2, 0) is 25.4 Å². The topological polar surface area (TPSA) is 111 Å². The van der Waals surface area contributed by atoms with Gasteiger partial charge in [-0.25, -0.2) is 14.6 Å². The lowest BCUT2D eigenvalue weighted by Crippen LogP contribution is -2.38. The Morgan fingerprint density at radius 1 is 0.889 bits per heavy atom. The summed E-state index contributed by atoms with van der Waals surface area (Å²) in [5.74, 6) is 0.689. The second-order valence-electron chi connectivity index (χ2n) is 7.94. The van der Waals surface area contributed by atoms with Crippen LogP contribution in [0.15, 0.2) is 58.1 Å². The van der Waals surface area contributed by atoms with Gasteiger partial charge < -0.3 is 18.9 Å². The van der Waals surface area contributed by atoms with Crippen LogP contribution in [0.4, 0.5) is 0 Å². The minimum Gasteiger partial charge on any atom is -0.493 e. The first kappa shape index (κ1) is 24.5. The fourth-order valence-electron chi connectivity index (χ4n) is 3.86. The van der Waals surface area contributed by atoms with Gasteiger partial charge in [-0.2, -0.15) is 0 Å². The third-order valence-corrected chi connectivity index (χ3v) is 5.87. The van der Waals surface area contributed by atoms with E-state index in [9.17, 15) is 14.4 Å². The summed E-state index contributed by atoms with van der Waals surface area (Å²) in [6, 6.07) is 13.5. The standard InChI is InChI=1S/C26H25N3O7/c1-28-16(12-23(30)29(2)26(28)32)14-36-25(31)18-13-20(27-19-9-7-6-8-17(18)19)15-10-21(33-3)24(35-5)22(11-15)34-4/h6-13H,14H2,1-5H3. The minimum absolute atomic E-state index is 0.253. The average Bonchev–Trinajstić information content (AvgIpc) is 2.91. The van der Waals surface area contributed by atoms with E-state index in [-0.39, 0.29) is 17.9 Å². The van der Waals surface area contributed by atoms with Crippen molar-refractivity contribution in [1.82, 2.24) is 14.1 Å². The molecular formula is C26H25N3O7. The highest BCUT2D eigenvalue weighted by Gasteiger charge is 2.19. The molecule has 2 heterocycles. The Hall–Kier alpha value is -4.60. The number of ether oxygens (including phenoxy) is 4. The molecule has 0 aliphatic carbocycles. The fourth-order valence-corrected chi connectivity index (χ4v) is 3.86. The molecular weight excluding hydrogens is 466 g/mol. The Kier molecular flexibility index (Phi) is 6.77. The molecule has 36 heavy (non-hydrogen) atoms. The molecule has 0 amide bonds. The number of pyridine rings is 1. The molecule has 0 unspecified atom stereocenters. The molecule has 4 aromatic rings. The second-order valence-corrected chi connectivity index (χ2v) is 7.94. The Morgan fingerprint density at radius 3 is 2.19 bits per heavy atom. The maximum atomic E-state index is 13.2. The molecule has 2 aromatic heterocycles. The van der Waals surface area contributed by atoms with E-state index >= 15 is 0 Å². The number of methoxy groups -OCH3 is 3. The van der Waals surface area contributed by atoms with Crippen molar-refractivity contribution >= 4 is 16.9 Å². The molecule has 0 spiro atoms. The average molecular weight is 492 g/mol. The highest BCUT2D eigenvalue weighted by molar-refractivity contribution is 6.04. The van der Waals surface area contributed by atoms with Gasteiger partial charge in [-0.3, -0.25) is 13.9 Å². The molecule has 0 atom stereocenters. The minimum atomic E-state index is -0.629. The Balaban J connectivity index is 1.77. The van der Waals surface area contributed by atoms with Crippen LogP contribution in [-0.4, -0.2) is 41.4 Å². The van der Waals surface area contributed by atoms with Gasteiger partial charge in [-0.1, -0.05) is 18.2 Å². The number of benzene rings is 2. The van der Waals surface area contributed by atoms with Gasteiger partial charge in [0.1, 0.15) is 6.61 Å². The van der Waals surface area contributed by atoms with Crippen LogP contribution in [0.3, 0.4) is 0 Å². The maximum Gasteiger partial charge on any atom is 0.339 e. The molecule has 0 saturated heterocycles. The van der Waals surface area contributed by atoms with E-state index in [0.717, 1.165) is 4.57 Å². The first-order valence-corrected chi connectivity index (χ1v) is 10.9. The molecule has 10 heteroatoms. The molecule has 0 fully saturated rings. The molecule has 2 aromatic carbocycles. The molecule has 0 bridgehead atoms. The number of nitrogens with zero attached hydrogens (tertiary/aromatic N) is 3. The molecule has 0 aliphatic rings. The van der Waals surface area contributed by atoms with Gasteiger partial charge in [-0.05, 0) is 24.3 Å². The predicted octanol–water partition coefficient (Wildman–Crippen LogP) is 2.68. The number of aromatic nitrogens is 3. The Labute approximate surface area is 206 Å². The van der Waals surface area contributed by atoms with Gasteiger partial charge in [0.15, 0.2) is 11.5 Å². The highest BCUT2D eigenvalue weighted by atomic mass is 16.5. The van der Waals surface area contributed by atoms with Crippen molar-refractivity contribution in [2.45, 2.75) is 6.61 Å². The predicted molar refractivity (Wildman–Crippen MR) is 133 cm³/mol. The highest BCUT2D eigenvalue weighted by Crippen LogP contribution is 2.41. The number of para-hydroxylation sites is 1. The summed E-state index contributed by atoms with van der Waals surface area (Å²) in [5.41, 5.74) is 1.27. The number of esters is 1. The lowest BCUT2D eigenvalue weighted by Gasteiger charge is -2.15. The molecule has 0 saturated carbocycles. The Morgan fingerprint density at radius 2 is 1.56 bits per heavy atom. The largest absolute Gasteiger partial charge is 0.493 e. The first-order valence-electron chi connectivity index (χ1n) is 10.9. The van der Waals surface area contributed by atoms with Crippen molar-refractivity contribution < 1.29 is 23.7 Å². The molecule has 4 rings (SSSR count). The quantitative estimate of drug-likeness (QED) is 0.363. The zero-order valence-electron chi connectivity index (χ0n) is 20.5. The summed E-state index contributed by atoms with van der Waals surface area (Å²) in [7, 11) is 7.44. The molecule has 186 valence electrons. The molecule has 10 nitrogen and oxygen atoms in total. The summed E-state index contributed by atoms with van der Waals surface area (Å²) in [6.07, 6.45) is 0. The van der Waals surface area contributed by atoms with Crippen molar-refractivity contribution in [2.75, 3.05) is 21.3 Å². The van der Waals surface area contributed by atoms with Gasteiger partial charge in [0, 0.05) is 31.1 Å². The number of rotatable bonds is 7. The van der Waals surface area contributed by atoms with Crippen LogP contribution in [0, 0.1) is 0 Å². The number of fused-ring (bicyclic) bond motifs is 1. The van der Waals surface area contributed by atoms with E-state index in [0.29, 0.717) is 39.4 Å². The summed E-state index contributed by atoms with van der Waals surface area (Å²) in [6.45, 7) is -0.253. The normalized spacial score (nSPS) is 10.8. The molecule has 0 radical (unpaired) electrons. The number of carbonyl (C=O) groups is 1. The summed E-state index contributed by atoms with van der Waals surface area (Å²) >= 11 is 0. The van der Waals surface area contributed by atoms with Crippen molar-refractivity contribution in [2.24, 2.45) is 14.1 Å². The smallest absolute Gasteiger partial charge is 0.339 e. The zero-order chi connectivity index (χ0) is 26.0. The van der Waals surface area contributed by atoms with E-state index < -0.39 is 17.2 Å². The van der Waals surface area contributed by atoms with Crippen LogP contribution in [0.25, 0.3) is 22.2 Å². The van der Waals surface area contributed by atoms with E-state index in [1.54, 1.807) is 36.4 Å². The maximum absolute atomic E-state index is 13.2. The van der Waals surface area contributed by atoms with Gasteiger partial charge >= 0.3 is 11.7 Å². The van der Waals surface area contributed by atoms with Gasteiger partial charge in [-0.15, -0.1) is 0 Å². The van der Waals surface area contributed by atoms with Crippen LogP contribution >= 0.6 is 0 Å². The molecule has 0 aliphatic heterocycles. The summed E-state index contributed by atoms with van der Waals surface area (Å²) in [5, 5.41) is 0.594. The number of hydrogen-bond acceptors (Lipinski definition) is 8. The zero-order valence-corrected chi connectivity index (χ0v) is 20.5. The van der Waals surface area contributed by atoms with Crippen molar-refractivity contribution in [3.8, 4) is 28.5 Å². The van der Waals surface area contributed by atoms with E-state index in [1.807, 2.05) is 6.07 Å². The molecule has 0 N–H and O–H groups in total. The van der Waals surface area contributed by atoms with E-state index in [1.165, 1.54) is 46.1 Å². The van der Waals surface area contributed by atoms with E-state index in [4.69, 9.17) is 23.9 Å². The Bertz CT molecular complexity index is 1560. The van der Waals surface area contributed by atoms with Gasteiger partial charge in [0.2, 0.25) is 5.75 Å². The lowest BCUT2D eigenvalue weighted by atomic mass is 10.0. The second kappa shape index (κ2) is 9.95. The first-order chi connectivity index (χ1) is 17.3. The van der Waals surface area contributed by atoms with E-state index in [2.05, 4.69) is 0 Å². The monoisotopic (exact) mass is 491 g/mol.